The smallest absolute Gasteiger partial charge is 0.260 e. The molecule has 0 aliphatic rings. The maximum absolute atomic E-state index is 13.2. The highest BCUT2D eigenvalue weighted by atomic mass is 35.5. The average molecular weight is 526 g/mol. The van der Waals surface area contributed by atoms with Crippen LogP contribution in [0.2, 0.25) is 0 Å². The minimum atomic E-state index is -0.246. The molecule has 1 aromatic heterocycles. The molecule has 0 fully saturated rings. The summed E-state index contributed by atoms with van der Waals surface area (Å²) in [6.45, 7) is 2.35. The van der Waals surface area contributed by atoms with Gasteiger partial charge in [-0.1, -0.05) is 42.5 Å². The van der Waals surface area contributed by atoms with E-state index in [0.717, 1.165) is 22.4 Å². The number of pyridine rings is 1. The molecule has 3 aromatic carbocycles. The molecule has 0 atom stereocenters. The Morgan fingerprint density at radius 3 is 2.36 bits per heavy atom. The number of methoxy groups -OCH3 is 1. The van der Waals surface area contributed by atoms with Crippen LogP contribution < -0.4 is 20.1 Å². The molecule has 2 N–H and O–H groups in total. The van der Waals surface area contributed by atoms with Crippen molar-refractivity contribution in [1.82, 2.24) is 4.98 Å². The van der Waals surface area contributed by atoms with E-state index in [0.29, 0.717) is 35.0 Å². The first-order chi connectivity index (χ1) is 16.5. The van der Waals surface area contributed by atoms with E-state index in [1.165, 1.54) is 7.11 Å². The van der Waals surface area contributed by atoms with Gasteiger partial charge in [0.2, 0.25) is 0 Å². The third kappa shape index (κ3) is 6.27. The second-order valence-corrected chi connectivity index (χ2v) is 7.96. The largest absolute Gasteiger partial charge is 0.495 e. The van der Waals surface area contributed by atoms with Gasteiger partial charge in [0.1, 0.15) is 18.1 Å². The van der Waals surface area contributed by atoms with E-state index in [-0.39, 0.29) is 30.7 Å². The molecule has 188 valence electrons. The predicted molar refractivity (Wildman–Crippen MR) is 150 cm³/mol. The molecule has 0 aliphatic heterocycles. The number of rotatable bonds is 7. The number of amides is 1. The Hall–Kier alpha value is -3.74. The van der Waals surface area contributed by atoms with E-state index >= 15 is 0 Å². The number of nitrogens with two attached hydrogens (primary N) is 1. The molecule has 36 heavy (non-hydrogen) atoms. The van der Waals surface area contributed by atoms with Gasteiger partial charge in [-0.3, -0.25) is 9.78 Å². The molecule has 0 radical (unpaired) electrons. The summed E-state index contributed by atoms with van der Waals surface area (Å²) in [6, 6.07) is 24.9. The Morgan fingerprint density at radius 2 is 1.69 bits per heavy atom. The van der Waals surface area contributed by atoms with Crippen molar-refractivity contribution in [3.05, 3.63) is 102 Å². The summed E-state index contributed by atoms with van der Waals surface area (Å²) < 4.78 is 11.4. The summed E-state index contributed by atoms with van der Waals surface area (Å²) in [6.07, 6.45) is 1.78. The monoisotopic (exact) mass is 525 g/mol. The zero-order valence-electron chi connectivity index (χ0n) is 20.3. The van der Waals surface area contributed by atoms with E-state index in [4.69, 9.17) is 15.2 Å². The van der Waals surface area contributed by atoms with E-state index in [9.17, 15) is 4.79 Å². The topological polar surface area (TPSA) is 77.7 Å². The Morgan fingerprint density at radius 1 is 0.944 bits per heavy atom. The minimum absolute atomic E-state index is 0. The van der Waals surface area contributed by atoms with Crippen LogP contribution in [-0.4, -0.2) is 25.0 Å². The molecule has 4 rings (SSSR count). The van der Waals surface area contributed by atoms with Crippen LogP contribution in [0.15, 0.2) is 85.1 Å². The lowest BCUT2D eigenvalue weighted by Gasteiger charge is -2.22. The quantitative estimate of drug-likeness (QED) is 0.284. The van der Waals surface area contributed by atoms with E-state index < -0.39 is 0 Å². The Labute approximate surface area is 223 Å². The van der Waals surface area contributed by atoms with Crippen molar-refractivity contribution in [1.29, 1.82) is 0 Å². The normalized spacial score (nSPS) is 9.97. The number of halogens is 2. The van der Waals surface area contributed by atoms with Crippen LogP contribution in [-0.2, 0) is 6.61 Å². The molecular formula is C28H29Cl2N3O3. The maximum Gasteiger partial charge on any atom is 0.260 e. The van der Waals surface area contributed by atoms with Gasteiger partial charge in [-0.15, -0.1) is 24.8 Å². The average Bonchev–Trinajstić information content (AvgIpc) is 2.88. The Kier molecular flexibility index (Phi) is 10.1. The van der Waals surface area contributed by atoms with Gasteiger partial charge in [-0.05, 0) is 54.4 Å². The van der Waals surface area contributed by atoms with Crippen LogP contribution >= 0.6 is 24.8 Å². The van der Waals surface area contributed by atoms with Gasteiger partial charge in [-0.2, -0.15) is 0 Å². The molecular weight excluding hydrogens is 497 g/mol. The highest BCUT2D eigenvalue weighted by molar-refractivity contribution is 6.10. The molecule has 0 spiro atoms. The fraction of sp³-hybridized carbons (Fsp3) is 0.143. The van der Waals surface area contributed by atoms with Crippen LogP contribution in [0.5, 0.6) is 11.5 Å². The molecule has 0 unspecified atom stereocenters. The highest BCUT2D eigenvalue weighted by Crippen LogP contribution is 2.33. The first-order valence-corrected chi connectivity index (χ1v) is 10.9. The number of nitrogen functional groups attached to an aromatic ring is 1. The van der Waals surface area contributed by atoms with Crippen molar-refractivity contribution in [2.24, 2.45) is 0 Å². The third-order valence-corrected chi connectivity index (χ3v) is 5.61. The summed E-state index contributed by atoms with van der Waals surface area (Å²) in [5.74, 6) is 0.838. The van der Waals surface area contributed by atoms with Crippen LogP contribution in [0.25, 0.3) is 11.3 Å². The first-order valence-electron chi connectivity index (χ1n) is 10.9. The molecule has 0 saturated heterocycles. The number of benzene rings is 3. The van der Waals surface area contributed by atoms with E-state index in [2.05, 4.69) is 4.98 Å². The van der Waals surface area contributed by atoms with Crippen molar-refractivity contribution < 1.29 is 14.3 Å². The van der Waals surface area contributed by atoms with Crippen LogP contribution in [0.3, 0.4) is 0 Å². The second kappa shape index (κ2) is 12.8. The minimum Gasteiger partial charge on any atom is -0.495 e. The zero-order chi connectivity index (χ0) is 24.1. The molecule has 1 heterocycles. The van der Waals surface area contributed by atoms with Gasteiger partial charge in [-0.25, -0.2) is 0 Å². The number of para-hydroxylation sites is 1. The summed E-state index contributed by atoms with van der Waals surface area (Å²) in [4.78, 5) is 19.2. The van der Waals surface area contributed by atoms with Crippen LogP contribution in [0, 0.1) is 6.92 Å². The van der Waals surface area contributed by atoms with Gasteiger partial charge in [0, 0.05) is 18.8 Å². The fourth-order valence-electron chi connectivity index (χ4n) is 3.68. The lowest BCUT2D eigenvalue weighted by atomic mass is 10.1. The van der Waals surface area contributed by atoms with Gasteiger partial charge < -0.3 is 20.1 Å². The Balaban J connectivity index is 0.00000228. The SMILES string of the molecule is COc1cccc(C(=O)N(C)c2ccc(C)cc2OCc2ccc(-c3ccccn3)cc2)c1N.Cl.Cl. The van der Waals surface area contributed by atoms with Crippen LogP contribution in [0.4, 0.5) is 11.4 Å². The van der Waals surface area contributed by atoms with Gasteiger partial charge in [0.05, 0.1) is 29.7 Å². The van der Waals surface area contributed by atoms with E-state index in [1.54, 1.807) is 36.3 Å². The van der Waals surface area contributed by atoms with Crippen molar-refractivity contribution >= 4 is 42.1 Å². The zero-order valence-corrected chi connectivity index (χ0v) is 21.9. The number of carbonyl (C=O) groups is 1. The van der Waals surface area contributed by atoms with Crippen molar-refractivity contribution in [2.75, 3.05) is 24.8 Å². The van der Waals surface area contributed by atoms with Gasteiger partial charge in [0.15, 0.2) is 0 Å². The first kappa shape index (κ1) is 28.5. The fourth-order valence-corrected chi connectivity index (χ4v) is 3.68. The number of hydrogen-bond acceptors (Lipinski definition) is 5. The van der Waals surface area contributed by atoms with E-state index in [1.807, 2.05) is 67.6 Å². The van der Waals surface area contributed by atoms with Crippen molar-refractivity contribution in [3.63, 3.8) is 0 Å². The molecule has 0 bridgehead atoms. The summed E-state index contributed by atoms with van der Waals surface area (Å²) in [7, 11) is 3.24. The number of carbonyl (C=O) groups excluding carboxylic acids is 1. The number of hydrogen-bond donors (Lipinski definition) is 1. The number of anilines is 2. The van der Waals surface area contributed by atoms with Crippen molar-refractivity contribution in [2.45, 2.75) is 13.5 Å². The lowest BCUT2D eigenvalue weighted by molar-refractivity contribution is 0.0992. The van der Waals surface area contributed by atoms with Gasteiger partial charge >= 0.3 is 0 Å². The summed E-state index contributed by atoms with van der Waals surface area (Å²) in [5.41, 5.74) is 11.5. The van der Waals surface area contributed by atoms with Crippen LogP contribution in [0.1, 0.15) is 21.5 Å². The summed E-state index contributed by atoms with van der Waals surface area (Å²) in [5, 5.41) is 0. The lowest BCUT2D eigenvalue weighted by Crippen LogP contribution is -2.27. The van der Waals surface area contributed by atoms with Crippen molar-refractivity contribution in [3.8, 4) is 22.8 Å². The molecule has 0 aliphatic carbocycles. The number of nitrogens with zero attached hydrogens (tertiary/aromatic N) is 2. The molecule has 1 amide bonds. The summed E-state index contributed by atoms with van der Waals surface area (Å²) >= 11 is 0. The number of ether oxygens (including phenoxy) is 2. The Bertz CT molecular complexity index is 1300. The standard InChI is InChI=1S/C28H27N3O3.2ClH/c1-19-10-15-24(31(2)28(32)22-7-6-9-25(33-3)27(22)29)26(17-19)34-18-20-11-13-21(14-12-20)23-8-4-5-16-30-23;;/h4-17H,18,29H2,1-3H3;2*1H. The molecule has 0 saturated carbocycles. The third-order valence-electron chi connectivity index (χ3n) is 5.61. The molecule has 8 heteroatoms. The number of aromatic nitrogens is 1. The highest BCUT2D eigenvalue weighted by Gasteiger charge is 2.21. The predicted octanol–water partition coefficient (Wildman–Crippen LogP) is 6.35. The molecule has 4 aromatic rings. The molecule has 6 nitrogen and oxygen atoms in total. The van der Waals surface area contributed by atoms with Gasteiger partial charge in [0.25, 0.3) is 5.91 Å². The second-order valence-electron chi connectivity index (χ2n) is 7.96. The maximum atomic E-state index is 13.2. The number of aryl methyl sites for hydroxylation is 1.